The smallest absolute Gasteiger partial charge is 0.303 e. The minimum atomic E-state index is -0.238. The Morgan fingerprint density at radius 3 is 2.48 bits per heavy atom. The molecule has 140 valence electrons. The largest absolute Gasteiger partial charge is 0.459 e. The van der Waals surface area contributed by atoms with E-state index in [1.807, 2.05) is 6.92 Å². The molecule has 2 rings (SSSR count). The van der Waals surface area contributed by atoms with Gasteiger partial charge in [0.15, 0.2) is 0 Å². The van der Waals surface area contributed by atoms with Gasteiger partial charge in [0.05, 0.1) is 5.60 Å². The van der Waals surface area contributed by atoms with E-state index < -0.39 is 0 Å². The van der Waals surface area contributed by atoms with Gasteiger partial charge in [0.1, 0.15) is 12.2 Å². The number of ether oxygens (including phenoxy) is 2. The highest BCUT2D eigenvalue weighted by molar-refractivity contribution is 5.66. The molecule has 0 radical (unpaired) electrons. The molecular formula is C22H34O3. The molecule has 25 heavy (non-hydrogen) atoms. The number of esters is 1. The zero-order valence-electron chi connectivity index (χ0n) is 16.6. The summed E-state index contributed by atoms with van der Waals surface area (Å²) in [6, 6.07) is 0. The Balaban J connectivity index is 2.25. The molecule has 2 aliphatic rings. The van der Waals surface area contributed by atoms with E-state index >= 15 is 0 Å². The third-order valence-corrected chi connectivity index (χ3v) is 5.59. The summed E-state index contributed by atoms with van der Waals surface area (Å²) in [5.41, 5.74) is 3.72. The summed E-state index contributed by atoms with van der Waals surface area (Å²) in [7, 11) is 0. The van der Waals surface area contributed by atoms with Crippen LogP contribution in [0, 0.1) is 5.92 Å². The third-order valence-electron chi connectivity index (χ3n) is 5.59. The zero-order chi connectivity index (χ0) is 18.6. The number of allylic oxidation sites excluding steroid dienone is 4. The lowest BCUT2D eigenvalue weighted by molar-refractivity contribution is -0.149. The van der Waals surface area contributed by atoms with Crippen LogP contribution in [0.4, 0.5) is 0 Å². The third kappa shape index (κ3) is 5.57. The summed E-state index contributed by atoms with van der Waals surface area (Å²) < 4.78 is 11.8. The second-order valence-corrected chi connectivity index (χ2v) is 8.09. The highest BCUT2D eigenvalue weighted by Gasteiger charge is 2.58. The molecule has 0 bridgehead atoms. The van der Waals surface area contributed by atoms with E-state index in [2.05, 4.69) is 39.5 Å². The van der Waals surface area contributed by atoms with Gasteiger partial charge in [0.2, 0.25) is 0 Å². The van der Waals surface area contributed by atoms with Crippen molar-refractivity contribution in [2.45, 2.75) is 91.0 Å². The summed E-state index contributed by atoms with van der Waals surface area (Å²) in [5, 5.41) is 0. The molecule has 0 amide bonds. The second-order valence-electron chi connectivity index (χ2n) is 8.09. The van der Waals surface area contributed by atoms with Crippen molar-refractivity contribution in [1.29, 1.82) is 0 Å². The van der Waals surface area contributed by atoms with Crippen molar-refractivity contribution >= 4 is 5.97 Å². The molecule has 0 aromatic rings. The molecule has 0 aromatic carbocycles. The first-order chi connectivity index (χ1) is 11.7. The normalized spacial score (nSPS) is 38.2. The van der Waals surface area contributed by atoms with Crippen LogP contribution in [0.1, 0.15) is 73.1 Å². The maximum absolute atomic E-state index is 11.7. The van der Waals surface area contributed by atoms with Crippen molar-refractivity contribution in [1.82, 2.24) is 0 Å². The van der Waals surface area contributed by atoms with Crippen molar-refractivity contribution in [3.05, 3.63) is 35.5 Å². The van der Waals surface area contributed by atoms with Crippen LogP contribution in [0.2, 0.25) is 0 Å². The Morgan fingerprint density at radius 2 is 1.84 bits per heavy atom. The van der Waals surface area contributed by atoms with Crippen molar-refractivity contribution in [3.8, 4) is 0 Å². The van der Waals surface area contributed by atoms with Crippen LogP contribution in [0.3, 0.4) is 0 Å². The summed E-state index contributed by atoms with van der Waals surface area (Å²) >= 11 is 0. The van der Waals surface area contributed by atoms with Crippen LogP contribution < -0.4 is 0 Å². The van der Waals surface area contributed by atoms with Gasteiger partial charge in [-0.1, -0.05) is 35.5 Å². The molecule has 0 N–H and O–H groups in total. The number of hydrogen-bond acceptors (Lipinski definition) is 3. The van der Waals surface area contributed by atoms with E-state index in [0.29, 0.717) is 0 Å². The van der Waals surface area contributed by atoms with E-state index in [1.165, 1.54) is 18.1 Å². The van der Waals surface area contributed by atoms with Crippen LogP contribution >= 0.6 is 0 Å². The SMILES string of the molecule is C=C(C)C1CC/C(C)=C/CC/C(C)=C/CC[C@]2(C)O[C@H]2[C@@H]1OC(C)=O. The number of epoxide rings is 1. The highest BCUT2D eigenvalue weighted by atomic mass is 16.6. The maximum atomic E-state index is 11.7. The minimum Gasteiger partial charge on any atom is -0.459 e. The first-order valence-corrected chi connectivity index (χ1v) is 9.54. The molecule has 1 saturated heterocycles. The van der Waals surface area contributed by atoms with E-state index in [9.17, 15) is 4.79 Å². The quantitative estimate of drug-likeness (QED) is 0.376. The molecule has 1 fully saturated rings. The monoisotopic (exact) mass is 346 g/mol. The second kappa shape index (κ2) is 8.35. The highest BCUT2D eigenvalue weighted by Crippen LogP contribution is 2.47. The van der Waals surface area contributed by atoms with Gasteiger partial charge < -0.3 is 9.47 Å². The van der Waals surface area contributed by atoms with Crippen molar-refractivity contribution < 1.29 is 14.3 Å². The number of hydrogen-bond donors (Lipinski definition) is 0. The van der Waals surface area contributed by atoms with Crippen molar-refractivity contribution in [2.24, 2.45) is 5.92 Å². The van der Waals surface area contributed by atoms with Gasteiger partial charge in [0.25, 0.3) is 0 Å². The Morgan fingerprint density at radius 1 is 1.20 bits per heavy atom. The summed E-state index contributed by atoms with van der Waals surface area (Å²) in [5.74, 6) is -0.0995. The van der Waals surface area contributed by atoms with Crippen molar-refractivity contribution in [3.63, 3.8) is 0 Å². The van der Waals surface area contributed by atoms with E-state index in [-0.39, 0.29) is 29.7 Å². The zero-order valence-corrected chi connectivity index (χ0v) is 16.6. The maximum Gasteiger partial charge on any atom is 0.303 e. The van der Waals surface area contributed by atoms with Crippen LogP contribution in [0.5, 0.6) is 0 Å². The van der Waals surface area contributed by atoms with Crippen LogP contribution in [0.25, 0.3) is 0 Å². The standard InChI is InChI=1S/C22H34O3/c1-15(2)19-13-12-17(4)10-7-9-16(3)11-8-14-22(6)21(25-22)20(19)24-18(5)23/h10-11,19-21H,1,7-9,12-14H2,2-6H3/b16-11+,17-10+/t19?,20-,21+,22+/m1/s1. The first-order valence-electron chi connectivity index (χ1n) is 9.54. The van der Waals surface area contributed by atoms with Gasteiger partial charge in [-0.15, -0.1) is 0 Å². The van der Waals surface area contributed by atoms with Gasteiger partial charge in [-0.05, 0) is 66.2 Å². The fraction of sp³-hybridized carbons (Fsp3) is 0.682. The summed E-state index contributed by atoms with van der Waals surface area (Å²) in [6.07, 6.45) is 10.5. The van der Waals surface area contributed by atoms with Crippen LogP contribution in [-0.2, 0) is 14.3 Å². The molecule has 1 heterocycles. The number of carbonyl (C=O) groups is 1. The Bertz CT molecular complexity index is 572. The van der Waals surface area contributed by atoms with Gasteiger partial charge in [-0.2, -0.15) is 0 Å². The average Bonchev–Trinajstić information content (AvgIpc) is 3.16. The van der Waals surface area contributed by atoms with Crippen LogP contribution in [0.15, 0.2) is 35.5 Å². The molecular weight excluding hydrogens is 312 g/mol. The summed E-state index contributed by atoms with van der Waals surface area (Å²) in [4.78, 5) is 11.7. The molecule has 0 spiro atoms. The van der Waals surface area contributed by atoms with Gasteiger partial charge in [-0.3, -0.25) is 4.79 Å². The van der Waals surface area contributed by atoms with Crippen LogP contribution in [-0.4, -0.2) is 23.8 Å². The first kappa shape index (κ1) is 20.0. The molecule has 0 aromatic heterocycles. The van der Waals surface area contributed by atoms with Crippen molar-refractivity contribution in [2.75, 3.05) is 0 Å². The molecule has 3 nitrogen and oxygen atoms in total. The lowest BCUT2D eigenvalue weighted by atomic mass is 9.83. The Labute approximate surface area is 153 Å². The predicted octanol–water partition coefficient (Wildman–Crippen LogP) is 5.51. The van der Waals surface area contributed by atoms with E-state index in [4.69, 9.17) is 9.47 Å². The summed E-state index contributed by atoms with van der Waals surface area (Å²) in [6.45, 7) is 14.2. The predicted molar refractivity (Wildman–Crippen MR) is 102 cm³/mol. The average molecular weight is 347 g/mol. The Hall–Kier alpha value is -1.35. The molecule has 0 saturated carbocycles. The molecule has 1 aliphatic carbocycles. The lowest BCUT2D eigenvalue weighted by Gasteiger charge is -2.27. The van der Waals surface area contributed by atoms with E-state index in [1.54, 1.807) is 0 Å². The lowest BCUT2D eigenvalue weighted by Crippen LogP contribution is -2.35. The Kier molecular flexibility index (Phi) is 6.67. The van der Waals surface area contributed by atoms with Gasteiger partial charge in [-0.25, -0.2) is 0 Å². The molecule has 1 aliphatic heterocycles. The minimum absolute atomic E-state index is 0.0287. The number of carbonyl (C=O) groups excluding carboxylic acids is 1. The van der Waals surface area contributed by atoms with Gasteiger partial charge in [0, 0.05) is 12.8 Å². The molecule has 1 unspecified atom stereocenters. The fourth-order valence-electron chi connectivity index (χ4n) is 3.85. The van der Waals surface area contributed by atoms with E-state index in [0.717, 1.165) is 44.1 Å². The molecule has 4 atom stereocenters. The number of rotatable bonds is 2. The fourth-order valence-corrected chi connectivity index (χ4v) is 3.85. The topological polar surface area (TPSA) is 38.8 Å². The van der Waals surface area contributed by atoms with Gasteiger partial charge >= 0.3 is 5.97 Å². The number of fused-ring (bicyclic) bond motifs is 1. The molecule has 3 heteroatoms.